The second-order valence-electron chi connectivity index (χ2n) is 5.63. The second kappa shape index (κ2) is 5.51. The second-order valence-corrected chi connectivity index (χ2v) is 6.53. The third-order valence-electron chi connectivity index (χ3n) is 4.72. The van der Waals surface area contributed by atoms with Gasteiger partial charge in [-0.25, -0.2) is 0 Å². The Bertz CT molecular complexity index is 418. The highest BCUT2D eigenvalue weighted by Crippen LogP contribution is 2.44. The summed E-state index contributed by atoms with van der Waals surface area (Å²) in [6, 6.07) is 0.446. The van der Waals surface area contributed by atoms with E-state index >= 15 is 0 Å². The van der Waals surface area contributed by atoms with Gasteiger partial charge in [0.25, 0.3) is 0 Å². The van der Waals surface area contributed by atoms with Gasteiger partial charge in [-0.15, -0.1) is 11.8 Å². The molecule has 3 unspecified atom stereocenters. The van der Waals surface area contributed by atoms with E-state index in [2.05, 4.69) is 24.3 Å². The largest absolute Gasteiger partial charge is 0.495 e. The predicted molar refractivity (Wildman–Crippen MR) is 79.1 cm³/mol. The fourth-order valence-electron chi connectivity index (χ4n) is 3.60. The normalized spacial score (nSPS) is 35.3. The third kappa shape index (κ3) is 2.34. The van der Waals surface area contributed by atoms with E-state index in [0.717, 1.165) is 32.4 Å². The molecule has 4 heteroatoms. The van der Waals surface area contributed by atoms with Crippen LogP contribution in [0.4, 0.5) is 0 Å². The topological polar surface area (TPSA) is 21.7 Å². The van der Waals surface area contributed by atoms with Crippen molar-refractivity contribution in [2.75, 3.05) is 33.6 Å². The molecule has 0 N–H and O–H groups in total. The summed E-state index contributed by atoms with van der Waals surface area (Å²) in [6.45, 7) is 1.85. The van der Waals surface area contributed by atoms with Crippen molar-refractivity contribution in [2.24, 2.45) is 5.92 Å². The summed E-state index contributed by atoms with van der Waals surface area (Å²) in [7, 11) is 4.06. The van der Waals surface area contributed by atoms with Crippen LogP contribution in [0.15, 0.2) is 22.3 Å². The van der Waals surface area contributed by atoms with Crippen LogP contribution >= 0.6 is 11.8 Å². The molecule has 1 saturated heterocycles. The van der Waals surface area contributed by atoms with Crippen LogP contribution < -0.4 is 0 Å². The van der Waals surface area contributed by atoms with Gasteiger partial charge >= 0.3 is 0 Å². The van der Waals surface area contributed by atoms with Crippen molar-refractivity contribution in [1.82, 2.24) is 4.90 Å². The molecule has 0 aromatic carbocycles. The maximum absolute atomic E-state index is 5.90. The summed E-state index contributed by atoms with van der Waals surface area (Å²) < 4.78 is 11.6. The molecule has 0 spiro atoms. The highest BCUT2D eigenvalue weighted by Gasteiger charge is 2.40. The number of hydrogen-bond donors (Lipinski definition) is 0. The van der Waals surface area contributed by atoms with E-state index in [-0.39, 0.29) is 0 Å². The lowest BCUT2D eigenvalue weighted by molar-refractivity contribution is 0.0114. The Balaban J connectivity index is 1.98. The number of hydrogen-bond acceptors (Lipinski definition) is 4. The molecule has 0 bridgehead atoms. The minimum atomic E-state index is 0.374. The van der Waals surface area contributed by atoms with Crippen LogP contribution in [0.25, 0.3) is 0 Å². The molecule has 2 aliphatic carbocycles. The summed E-state index contributed by atoms with van der Waals surface area (Å²) in [6.07, 6.45) is 8.31. The molecular formula is C15H23NO2S. The molecule has 19 heavy (non-hydrogen) atoms. The van der Waals surface area contributed by atoms with Crippen molar-refractivity contribution >= 4 is 11.8 Å². The summed E-state index contributed by atoms with van der Waals surface area (Å²) in [4.78, 5) is 3.95. The Morgan fingerprint density at radius 1 is 1.47 bits per heavy atom. The van der Waals surface area contributed by atoms with E-state index in [1.165, 1.54) is 16.2 Å². The van der Waals surface area contributed by atoms with Gasteiger partial charge in [0, 0.05) is 19.6 Å². The Morgan fingerprint density at radius 2 is 2.32 bits per heavy atom. The molecule has 106 valence electrons. The zero-order valence-electron chi connectivity index (χ0n) is 12.0. The number of ether oxygens (including phenoxy) is 2. The Labute approximate surface area is 120 Å². The van der Waals surface area contributed by atoms with Crippen LogP contribution in [0.3, 0.4) is 0 Å². The van der Waals surface area contributed by atoms with E-state index in [1.54, 1.807) is 0 Å². The Hall–Kier alpha value is -0.450. The molecule has 3 aliphatic rings. The lowest BCUT2D eigenvalue weighted by Gasteiger charge is -2.44. The maximum Gasteiger partial charge on any atom is 0.113 e. The van der Waals surface area contributed by atoms with Crippen LogP contribution in [0, 0.1) is 5.92 Å². The van der Waals surface area contributed by atoms with Crippen LogP contribution in [0.5, 0.6) is 0 Å². The minimum absolute atomic E-state index is 0.374. The zero-order valence-corrected chi connectivity index (χ0v) is 12.8. The highest BCUT2D eigenvalue weighted by molar-refractivity contribution is 8.02. The van der Waals surface area contributed by atoms with Gasteiger partial charge in [-0.2, -0.15) is 0 Å². The SMILES string of the molecule is COC1CCC(SC)=C2C=C3OCCN(C)C3CC21. The number of likely N-dealkylation sites (N-methyl/N-ethyl adjacent to an activating group) is 1. The first-order valence-corrected chi connectivity index (χ1v) is 8.31. The van der Waals surface area contributed by atoms with Gasteiger partial charge in [-0.05, 0) is 49.1 Å². The first-order chi connectivity index (χ1) is 9.24. The van der Waals surface area contributed by atoms with E-state index in [9.17, 15) is 0 Å². The Morgan fingerprint density at radius 3 is 3.05 bits per heavy atom. The van der Waals surface area contributed by atoms with Crippen molar-refractivity contribution in [3.05, 3.63) is 22.3 Å². The number of methoxy groups -OCH3 is 1. The minimum Gasteiger partial charge on any atom is -0.495 e. The number of fused-ring (bicyclic) bond motifs is 2. The number of thioether (sulfide) groups is 1. The molecular weight excluding hydrogens is 258 g/mol. The monoisotopic (exact) mass is 281 g/mol. The smallest absolute Gasteiger partial charge is 0.113 e. The first-order valence-electron chi connectivity index (χ1n) is 7.09. The Kier molecular flexibility index (Phi) is 3.92. The molecule has 3 nitrogen and oxygen atoms in total. The van der Waals surface area contributed by atoms with E-state index in [1.807, 2.05) is 18.9 Å². The molecule has 1 aliphatic heterocycles. The van der Waals surface area contributed by atoms with Crippen molar-refractivity contribution in [3.8, 4) is 0 Å². The van der Waals surface area contributed by atoms with Crippen molar-refractivity contribution < 1.29 is 9.47 Å². The van der Waals surface area contributed by atoms with Gasteiger partial charge in [-0.1, -0.05) is 0 Å². The highest BCUT2D eigenvalue weighted by atomic mass is 32.2. The van der Waals surface area contributed by atoms with Crippen molar-refractivity contribution in [2.45, 2.75) is 31.4 Å². The molecule has 0 amide bonds. The van der Waals surface area contributed by atoms with Gasteiger partial charge < -0.3 is 9.47 Å². The average Bonchev–Trinajstić information content (AvgIpc) is 2.45. The van der Waals surface area contributed by atoms with Gasteiger partial charge in [0.15, 0.2) is 0 Å². The fraction of sp³-hybridized carbons (Fsp3) is 0.733. The van der Waals surface area contributed by atoms with E-state index < -0.39 is 0 Å². The molecule has 0 aromatic rings. The van der Waals surface area contributed by atoms with Gasteiger partial charge in [0.2, 0.25) is 0 Å². The average molecular weight is 281 g/mol. The summed E-state index contributed by atoms with van der Waals surface area (Å²) in [5.41, 5.74) is 1.48. The summed E-state index contributed by atoms with van der Waals surface area (Å²) in [5, 5.41) is 0. The molecule has 1 fully saturated rings. The predicted octanol–water partition coefficient (Wildman–Crippen LogP) is 2.65. The van der Waals surface area contributed by atoms with Gasteiger partial charge in [0.1, 0.15) is 12.4 Å². The number of rotatable bonds is 2. The molecule has 3 atom stereocenters. The fourth-order valence-corrected chi connectivity index (χ4v) is 4.37. The van der Waals surface area contributed by atoms with Crippen LogP contribution in [0.2, 0.25) is 0 Å². The quantitative estimate of drug-likeness (QED) is 0.775. The van der Waals surface area contributed by atoms with E-state index in [0.29, 0.717) is 18.1 Å². The zero-order chi connectivity index (χ0) is 13.4. The lowest BCUT2D eigenvalue weighted by atomic mass is 9.76. The van der Waals surface area contributed by atoms with E-state index in [4.69, 9.17) is 9.47 Å². The molecule has 0 radical (unpaired) electrons. The molecule has 0 aromatic heterocycles. The summed E-state index contributed by atoms with van der Waals surface area (Å²) in [5.74, 6) is 1.71. The lowest BCUT2D eigenvalue weighted by Crippen LogP contribution is -2.46. The maximum atomic E-state index is 5.90. The van der Waals surface area contributed by atoms with Crippen LogP contribution in [0.1, 0.15) is 19.3 Å². The van der Waals surface area contributed by atoms with Crippen LogP contribution in [-0.4, -0.2) is 50.6 Å². The number of nitrogens with zero attached hydrogens (tertiary/aromatic N) is 1. The molecule has 3 rings (SSSR count). The molecule has 1 heterocycles. The third-order valence-corrected chi connectivity index (χ3v) is 5.66. The van der Waals surface area contributed by atoms with Crippen molar-refractivity contribution in [1.29, 1.82) is 0 Å². The molecule has 0 saturated carbocycles. The number of allylic oxidation sites excluding steroid dienone is 2. The first kappa shape index (κ1) is 13.5. The van der Waals surface area contributed by atoms with Gasteiger partial charge in [-0.3, -0.25) is 4.90 Å². The standard InChI is InChI=1S/C15H23NO2S/c1-16-6-7-18-14-9-11-10(8-12(14)16)13(17-2)4-5-15(11)19-3/h9-10,12-13H,4-8H2,1-3H3. The van der Waals surface area contributed by atoms with Crippen LogP contribution in [-0.2, 0) is 9.47 Å². The number of morpholine rings is 1. The summed E-state index contributed by atoms with van der Waals surface area (Å²) >= 11 is 1.89. The van der Waals surface area contributed by atoms with Crippen molar-refractivity contribution in [3.63, 3.8) is 0 Å². The van der Waals surface area contributed by atoms with Gasteiger partial charge in [0.05, 0.1) is 12.1 Å².